The van der Waals surface area contributed by atoms with Crippen molar-refractivity contribution in [2.75, 3.05) is 0 Å². The predicted molar refractivity (Wildman–Crippen MR) is 66.9 cm³/mol. The molecule has 0 radical (unpaired) electrons. The van der Waals surface area contributed by atoms with E-state index in [-0.39, 0.29) is 6.10 Å². The molecule has 0 saturated heterocycles. The monoisotopic (exact) mass is 258 g/mol. The quantitative estimate of drug-likeness (QED) is 0.874. The van der Waals surface area contributed by atoms with Crippen LogP contribution in [0.3, 0.4) is 0 Å². The van der Waals surface area contributed by atoms with Crippen LogP contribution >= 0.6 is 0 Å². The van der Waals surface area contributed by atoms with Crippen molar-refractivity contribution in [3.05, 3.63) is 29.8 Å². The molecular formula is C14H20F2O2. The molecule has 4 heteroatoms. The number of benzene rings is 1. The van der Waals surface area contributed by atoms with Crippen molar-refractivity contribution in [1.29, 1.82) is 0 Å². The highest BCUT2D eigenvalue weighted by Crippen LogP contribution is 2.33. The number of ether oxygens (including phenoxy) is 1. The van der Waals surface area contributed by atoms with E-state index in [1.165, 1.54) is 13.8 Å². The molecule has 1 aromatic rings. The normalized spacial score (nSPS) is 16.7. The molecule has 1 aromatic carbocycles. The van der Waals surface area contributed by atoms with Gasteiger partial charge < -0.3 is 9.84 Å². The van der Waals surface area contributed by atoms with Gasteiger partial charge in [0, 0.05) is 5.92 Å². The molecule has 1 N–H and O–H groups in total. The molecule has 0 heterocycles. The van der Waals surface area contributed by atoms with E-state index in [0.717, 1.165) is 0 Å². The lowest BCUT2D eigenvalue weighted by molar-refractivity contribution is -0.0696. The first kappa shape index (κ1) is 14.9. The Bertz CT molecular complexity index is 372. The summed E-state index contributed by atoms with van der Waals surface area (Å²) in [6, 6.07) is 6.61. The Hall–Kier alpha value is -1.16. The Labute approximate surface area is 107 Å². The van der Waals surface area contributed by atoms with Gasteiger partial charge in [-0.2, -0.15) is 0 Å². The summed E-state index contributed by atoms with van der Waals surface area (Å²) in [6.07, 6.45) is -2.51. The summed E-state index contributed by atoms with van der Waals surface area (Å²) < 4.78 is 30.8. The van der Waals surface area contributed by atoms with Gasteiger partial charge in [0.1, 0.15) is 5.75 Å². The molecule has 1 rings (SSSR count). The van der Waals surface area contributed by atoms with Gasteiger partial charge in [0.05, 0.1) is 11.7 Å². The minimum Gasteiger partial charge on any atom is -0.491 e. The predicted octanol–water partition coefficient (Wildman–Crippen LogP) is 3.58. The highest BCUT2D eigenvalue weighted by atomic mass is 19.3. The molecule has 0 amide bonds. The Morgan fingerprint density at radius 1 is 1.11 bits per heavy atom. The van der Waals surface area contributed by atoms with Crippen LogP contribution in [-0.4, -0.2) is 17.6 Å². The van der Waals surface area contributed by atoms with Crippen LogP contribution in [0.1, 0.15) is 33.3 Å². The minimum atomic E-state index is -2.56. The molecule has 0 aliphatic heterocycles. The van der Waals surface area contributed by atoms with E-state index in [0.29, 0.717) is 11.3 Å². The number of rotatable bonds is 5. The molecule has 18 heavy (non-hydrogen) atoms. The van der Waals surface area contributed by atoms with Crippen molar-refractivity contribution in [1.82, 2.24) is 0 Å². The number of aliphatic hydroxyl groups is 1. The first-order valence-electron chi connectivity index (χ1n) is 6.03. The van der Waals surface area contributed by atoms with Gasteiger partial charge in [0.2, 0.25) is 6.43 Å². The number of hydrogen-bond acceptors (Lipinski definition) is 2. The minimum absolute atomic E-state index is 0.0522. The van der Waals surface area contributed by atoms with E-state index >= 15 is 0 Å². The molecule has 0 spiro atoms. The van der Waals surface area contributed by atoms with E-state index in [2.05, 4.69) is 0 Å². The largest absolute Gasteiger partial charge is 0.491 e. The fourth-order valence-electron chi connectivity index (χ4n) is 1.65. The second-order valence-corrected chi connectivity index (χ2v) is 4.96. The van der Waals surface area contributed by atoms with Gasteiger partial charge in [0.15, 0.2) is 0 Å². The molecule has 0 aliphatic rings. The van der Waals surface area contributed by atoms with E-state index in [1.807, 2.05) is 13.8 Å². The second-order valence-electron chi connectivity index (χ2n) is 4.96. The maximum Gasteiger partial charge on any atom is 0.244 e. The van der Waals surface area contributed by atoms with E-state index in [1.54, 1.807) is 24.3 Å². The lowest BCUT2D eigenvalue weighted by atomic mass is 9.84. The van der Waals surface area contributed by atoms with Crippen LogP contribution in [0.4, 0.5) is 8.78 Å². The van der Waals surface area contributed by atoms with Crippen LogP contribution in [0.15, 0.2) is 24.3 Å². The van der Waals surface area contributed by atoms with Gasteiger partial charge in [-0.3, -0.25) is 0 Å². The zero-order valence-corrected chi connectivity index (χ0v) is 11.2. The first-order valence-corrected chi connectivity index (χ1v) is 6.03. The molecule has 2 nitrogen and oxygen atoms in total. The first-order chi connectivity index (χ1) is 8.25. The van der Waals surface area contributed by atoms with Crippen LogP contribution in [0, 0.1) is 5.92 Å². The highest BCUT2D eigenvalue weighted by molar-refractivity contribution is 5.31. The van der Waals surface area contributed by atoms with E-state index < -0.39 is 17.9 Å². The zero-order chi connectivity index (χ0) is 13.9. The summed E-state index contributed by atoms with van der Waals surface area (Å²) in [5.41, 5.74) is -1.09. The Kier molecular flexibility index (Phi) is 4.68. The third-order valence-corrected chi connectivity index (χ3v) is 3.08. The molecule has 0 aromatic heterocycles. The van der Waals surface area contributed by atoms with Crippen LogP contribution in [0.25, 0.3) is 0 Å². The molecular weight excluding hydrogens is 238 g/mol. The Morgan fingerprint density at radius 2 is 1.61 bits per heavy atom. The molecule has 0 bridgehead atoms. The maximum atomic E-state index is 12.7. The van der Waals surface area contributed by atoms with Crippen LogP contribution in [0.5, 0.6) is 5.75 Å². The Morgan fingerprint density at radius 3 is 2.00 bits per heavy atom. The summed E-state index contributed by atoms with van der Waals surface area (Å²) in [6.45, 7) is 6.55. The fraction of sp³-hybridized carbons (Fsp3) is 0.571. The topological polar surface area (TPSA) is 29.5 Å². The Balaban J connectivity index is 2.90. The SMILES string of the molecule is CC(C)Oc1ccc(C(C)(O)C(C)C(F)F)cc1. The summed E-state index contributed by atoms with van der Waals surface area (Å²) in [7, 11) is 0. The molecule has 2 unspecified atom stereocenters. The highest BCUT2D eigenvalue weighted by Gasteiger charge is 2.36. The number of alkyl halides is 2. The third-order valence-electron chi connectivity index (χ3n) is 3.08. The summed E-state index contributed by atoms with van der Waals surface area (Å²) in [5.74, 6) is -0.469. The molecule has 102 valence electrons. The van der Waals surface area contributed by atoms with Gasteiger partial charge in [-0.1, -0.05) is 19.1 Å². The summed E-state index contributed by atoms with van der Waals surface area (Å²) in [4.78, 5) is 0. The molecule has 0 aliphatic carbocycles. The van der Waals surface area contributed by atoms with Gasteiger partial charge in [-0.05, 0) is 38.5 Å². The average Bonchev–Trinajstić information content (AvgIpc) is 2.27. The van der Waals surface area contributed by atoms with Crippen LogP contribution in [-0.2, 0) is 5.60 Å². The second kappa shape index (κ2) is 5.65. The van der Waals surface area contributed by atoms with Gasteiger partial charge in [-0.15, -0.1) is 0 Å². The van der Waals surface area contributed by atoms with Gasteiger partial charge in [-0.25, -0.2) is 8.78 Å². The average molecular weight is 258 g/mol. The van der Waals surface area contributed by atoms with E-state index in [4.69, 9.17) is 4.74 Å². The fourth-order valence-corrected chi connectivity index (χ4v) is 1.65. The van der Waals surface area contributed by atoms with E-state index in [9.17, 15) is 13.9 Å². The van der Waals surface area contributed by atoms with Crippen LogP contribution in [0.2, 0.25) is 0 Å². The third kappa shape index (κ3) is 3.42. The van der Waals surface area contributed by atoms with Crippen molar-refractivity contribution in [3.8, 4) is 5.75 Å². The van der Waals surface area contributed by atoms with Crippen LogP contribution < -0.4 is 4.74 Å². The summed E-state index contributed by atoms with van der Waals surface area (Å²) >= 11 is 0. The van der Waals surface area contributed by atoms with Gasteiger partial charge >= 0.3 is 0 Å². The molecule has 0 saturated carbocycles. The smallest absolute Gasteiger partial charge is 0.244 e. The number of halogens is 2. The van der Waals surface area contributed by atoms with Crippen molar-refractivity contribution in [2.45, 2.75) is 45.8 Å². The molecule has 0 fully saturated rings. The number of hydrogen-bond donors (Lipinski definition) is 1. The lowest BCUT2D eigenvalue weighted by Gasteiger charge is -2.30. The maximum absolute atomic E-state index is 12.7. The van der Waals surface area contributed by atoms with Crippen molar-refractivity contribution in [3.63, 3.8) is 0 Å². The standard InChI is InChI=1S/C14H20F2O2/c1-9(2)18-12-7-5-11(6-8-12)14(4,17)10(3)13(15)16/h5-10,13,17H,1-4H3. The lowest BCUT2D eigenvalue weighted by Crippen LogP contribution is -2.34. The zero-order valence-electron chi connectivity index (χ0n) is 11.2. The summed E-state index contributed by atoms with van der Waals surface area (Å²) in [5, 5.41) is 10.2. The van der Waals surface area contributed by atoms with Crippen molar-refractivity contribution >= 4 is 0 Å². The van der Waals surface area contributed by atoms with Crippen molar-refractivity contribution < 1.29 is 18.6 Å². The molecule has 2 atom stereocenters. The van der Waals surface area contributed by atoms with Gasteiger partial charge in [0.25, 0.3) is 0 Å². The van der Waals surface area contributed by atoms with Crippen molar-refractivity contribution in [2.24, 2.45) is 5.92 Å².